The van der Waals surface area contributed by atoms with Gasteiger partial charge in [-0.25, -0.2) is 8.78 Å². The number of alkyl halides is 2. The molecule has 24 heavy (non-hydrogen) atoms. The highest BCUT2D eigenvalue weighted by atomic mass is 32.1. The first-order valence-corrected chi connectivity index (χ1v) is 9.60. The van der Waals surface area contributed by atoms with E-state index in [2.05, 4.69) is 4.90 Å². The van der Waals surface area contributed by atoms with E-state index in [1.807, 2.05) is 25.3 Å². The molecule has 0 amide bonds. The average Bonchev–Trinajstić information content (AvgIpc) is 2.92. The lowest BCUT2D eigenvalue weighted by atomic mass is 10.0. The maximum Gasteiger partial charge on any atom is 0.243 e. The Balaban J connectivity index is 1.60. The smallest absolute Gasteiger partial charge is 0.243 e. The zero-order valence-corrected chi connectivity index (χ0v) is 15.5. The molecule has 0 aliphatic carbocycles. The van der Waals surface area contributed by atoms with Crippen molar-refractivity contribution in [2.24, 2.45) is 0 Å². The molecule has 1 fully saturated rings. The van der Waals surface area contributed by atoms with E-state index in [1.54, 1.807) is 0 Å². The van der Waals surface area contributed by atoms with E-state index < -0.39 is 12.0 Å². The number of hydrogen-bond acceptors (Lipinski definition) is 4. The summed E-state index contributed by atoms with van der Waals surface area (Å²) in [6, 6.07) is 1.87. The predicted molar refractivity (Wildman–Crippen MR) is 94.1 cm³/mol. The molecule has 1 aliphatic heterocycles. The van der Waals surface area contributed by atoms with Crippen molar-refractivity contribution in [3.63, 3.8) is 0 Å². The Labute approximate surface area is 147 Å². The van der Waals surface area contributed by atoms with Crippen LogP contribution in [-0.4, -0.2) is 54.4 Å². The fourth-order valence-corrected chi connectivity index (χ4v) is 3.82. The second-order valence-corrected chi connectivity index (χ2v) is 8.24. The van der Waals surface area contributed by atoms with Crippen molar-refractivity contribution in [3.05, 3.63) is 21.9 Å². The highest BCUT2D eigenvalue weighted by Gasteiger charge is 2.21. The molecule has 0 atom stereocenters. The third-order valence-electron chi connectivity index (χ3n) is 4.38. The molecule has 0 radical (unpaired) electrons. The Hall–Kier alpha value is -0.560. The molecule has 6 heteroatoms. The van der Waals surface area contributed by atoms with E-state index in [1.165, 1.54) is 11.3 Å². The van der Waals surface area contributed by atoms with Gasteiger partial charge in [0.1, 0.15) is 0 Å². The number of piperidine rings is 1. The van der Waals surface area contributed by atoms with Crippen molar-refractivity contribution in [2.45, 2.75) is 64.1 Å². The first-order valence-electron chi connectivity index (χ1n) is 8.72. The van der Waals surface area contributed by atoms with Crippen LogP contribution in [0.2, 0.25) is 0 Å². The van der Waals surface area contributed by atoms with Gasteiger partial charge in [0.2, 0.25) is 6.43 Å². The minimum absolute atomic E-state index is 0.144. The summed E-state index contributed by atoms with van der Waals surface area (Å²) in [7, 11) is 0. The van der Waals surface area contributed by atoms with Gasteiger partial charge >= 0.3 is 0 Å². The highest BCUT2D eigenvalue weighted by Crippen LogP contribution is 2.20. The van der Waals surface area contributed by atoms with E-state index in [0.717, 1.165) is 55.8 Å². The van der Waals surface area contributed by atoms with Gasteiger partial charge < -0.3 is 14.7 Å². The molecular formula is C18H29F2NO2S. The Morgan fingerprint density at radius 2 is 2.08 bits per heavy atom. The Bertz CT molecular complexity index is 480. The Morgan fingerprint density at radius 1 is 1.38 bits per heavy atom. The molecular weight excluding hydrogens is 332 g/mol. The van der Waals surface area contributed by atoms with Crippen LogP contribution in [0, 0.1) is 0 Å². The summed E-state index contributed by atoms with van der Waals surface area (Å²) >= 11 is 1.41. The standard InChI is InChI=1S/C18H29F2NO2S/c1-18(2,22)6-9-21-7-3-15(4-8-21)23-10-5-14-11-16(24-13-14)12-17(19)20/h11,13,15,17,22H,3-10,12H2,1-2H3. The zero-order valence-electron chi connectivity index (χ0n) is 14.6. The minimum Gasteiger partial charge on any atom is -0.390 e. The SMILES string of the molecule is CC(C)(O)CCN1CCC(OCCc2csc(CC(F)F)c2)CC1. The topological polar surface area (TPSA) is 32.7 Å². The van der Waals surface area contributed by atoms with Gasteiger partial charge in [0.05, 0.1) is 18.3 Å². The summed E-state index contributed by atoms with van der Waals surface area (Å²) in [4.78, 5) is 3.13. The normalized spacial score (nSPS) is 17.8. The lowest BCUT2D eigenvalue weighted by Gasteiger charge is -2.33. The highest BCUT2D eigenvalue weighted by molar-refractivity contribution is 7.10. The third kappa shape index (κ3) is 7.55. The third-order valence-corrected chi connectivity index (χ3v) is 5.39. The summed E-state index contributed by atoms with van der Waals surface area (Å²) < 4.78 is 30.6. The Kier molecular flexibility index (Phi) is 7.60. The van der Waals surface area contributed by atoms with Crippen molar-refractivity contribution < 1.29 is 18.6 Å². The number of nitrogens with zero attached hydrogens (tertiary/aromatic N) is 1. The van der Waals surface area contributed by atoms with Crippen LogP contribution >= 0.6 is 11.3 Å². The van der Waals surface area contributed by atoms with E-state index in [-0.39, 0.29) is 6.42 Å². The van der Waals surface area contributed by atoms with Crippen molar-refractivity contribution in [1.82, 2.24) is 4.90 Å². The van der Waals surface area contributed by atoms with E-state index in [0.29, 0.717) is 12.7 Å². The molecule has 3 nitrogen and oxygen atoms in total. The monoisotopic (exact) mass is 361 g/mol. The number of thiophene rings is 1. The first kappa shape index (κ1) is 19.8. The molecule has 0 spiro atoms. The molecule has 1 saturated heterocycles. The second kappa shape index (κ2) is 9.22. The number of aliphatic hydroxyl groups is 1. The summed E-state index contributed by atoms with van der Waals surface area (Å²) in [5.74, 6) is 0. The van der Waals surface area contributed by atoms with Crippen LogP contribution in [0.3, 0.4) is 0 Å². The van der Waals surface area contributed by atoms with Crippen LogP contribution in [0.5, 0.6) is 0 Å². The van der Waals surface area contributed by atoms with E-state index >= 15 is 0 Å². The first-order chi connectivity index (χ1) is 11.3. The van der Waals surface area contributed by atoms with Crippen molar-refractivity contribution in [3.8, 4) is 0 Å². The van der Waals surface area contributed by atoms with Crippen molar-refractivity contribution >= 4 is 11.3 Å². The number of halogens is 2. The minimum atomic E-state index is -2.27. The van der Waals surface area contributed by atoms with Gasteiger partial charge in [-0.15, -0.1) is 11.3 Å². The van der Waals surface area contributed by atoms with E-state index in [4.69, 9.17) is 4.74 Å². The van der Waals surface area contributed by atoms with E-state index in [9.17, 15) is 13.9 Å². The quantitative estimate of drug-likeness (QED) is 0.727. The van der Waals surface area contributed by atoms with Crippen LogP contribution in [0.25, 0.3) is 0 Å². The maximum atomic E-state index is 12.3. The fourth-order valence-electron chi connectivity index (χ4n) is 2.89. The average molecular weight is 361 g/mol. The lowest BCUT2D eigenvalue weighted by Crippen LogP contribution is -2.39. The summed E-state index contributed by atoms with van der Waals surface area (Å²) in [6.45, 7) is 7.30. The lowest BCUT2D eigenvalue weighted by molar-refractivity contribution is 0.000971. The molecule has 2 rings (SSSR count). The number of hydrogen-bond donors (Lipinski definition) is 1. The molecule has 0 aromatic carbocycles. The van der Waals surface area contributed by atoms with Gasteiger partial charge in [0, 0.05) is 30.9 Å². The van der Waals surface area contributed by atoms with Crippen LogP contribution < -0.4 is 0 Å². The molecule has 138 valence electrons. The molecule has 2 heterocycles. The molecule has 0 unspecified atom stereocenters. The van der Waals surface area contributed by atoms with Gasteiger partial charge in [-0.05, 0) is 56.5 Å². The zero-order chi connectivity index (χ0) is 17.6. The summed E-state index contributed by atoms with van der Waals surface area (Å²) in [5.41, 5.74) is 0.495. The Morgan fingerprint density at radius 3 is 2.71 bits per heavy atom. The molecule has 1 aromatic rings. The number of ether oxygens (including phenoxy) is 1. The van der Waals surface area contributed by atoms with Crippen LogP contribution in [0.15, 0.2) is 11.4 Å². The molecule has 0 bridgehead atoms. The van der Waals surface area contributed by atoms with Crippen molar-refractivity contribution in [1.29, 1.82) is 0 Å². The largest absolute Gasteiger partial charge is 0.390 e. The predicted octanol–water partition coefficient (Wildman–Crippen LogP) is 3.74. The molecule has 1 aliphatic rings. The number of rotatable bonds is 9. The number of likely N-dealkylation sites (tertiary alicyclic amines) is 1. The van der Waals surface area contributed by atoms with Crippen LogP contribution in [-0.2, 0) is 17.6 Å². The molecule has 0 saturated carbocycles. The van der Waals surface area contributed by atoms with Crippen LogP contribution in [0.4, 0.5) is 8.78 Å². The summed E-state index contributed by atoms with van der Waals surface area (Å²) in [5, 5.41) is 11.7. The fraction of sp³-hybridized carbons (Fsp3) is 0.778. The van der Waals surface area contributed by atoms with Crippen LogP contribution in [0.1, 0.15) is 43.6 Å². The maximum absolute atomic E-state index is 12.3. The molecule has 1 aromatic heterocycles. The van der Waals surface area contributed by atoms with Gasteiger partial charge in [-0.1, -0.05) is 0 Å². The molecule has 1 N–H and O–H groups in total. The van der Waals surface area contributed by atoms with Gasteiger partial charge in [-0.3, -0.25) is 0 Å². The van der Waals surface area contributed by atoms with Gasteiger partial charge in [0.15, 0.2) is 0 Å². The summed E-state index contributed by atoms with van der Waals surface area (Å²) in [6.07, 6.45) is 1.50. The van der Waals surface area contributed by atoms with Gasteiger partial charge in [0.25, 0.3) is 0 Å². The van der Waals surface area contributed by atoms with Gasteiger partial charge in [-0.2, -0.15) is 0 Å². The second-order valence-electron chi connectivity index (χ2n) is 7.24. The van der Waals surface area contributed by atoms with Crippen molar-refractivity contribution in [2.75, 3.05) is 26.2 Å².